The molecule has 0 bridgehead atoms. The van der Waals surface area contributed by atoms with Crippen LogP contribution >= 0.6 is 0 Å². The topological polar surface area (TPSA) is 38.8 Å². The van der Waals surface area contributed by atoms with E-state index in [0.717, 1.165) is 44.0 Å². The lowest BCUT2D eigenvalue weighted by molar-refractivity contribution is -0.122. The van der Waals surface area contributed by atoms with Gasteiger partial charge in [0.1, 0.15) is 23.9 Å². The molecule has 110 valence electrons. The number of carbonyl (C=O) groups excluding carboxylic acids is 1. The van der Waals surface area contributed by atoms with Crippen molar-refractivity contribution in [2.45, 2.75) is 19.8 Å². The Labute approximate surface area is 120 Å². The zero-order chi connectivity index (χ0) is 14.4. The Bertz CT molecular complexity index is 422. The van der Waals surface area contributed by atoms with E-state index in [1.54, 1.807) is 14.0 Å². The average Bonchev–Trinajstić information content (AvgIpc) is 2.48. The zero-order valence-corrected chi connectivity index (χ0v) is 12.3. The van der Waals surface area contributed by atoms with Crippen molar-refractivity contribution in [2.24, 2.45) is 5.92 Å². The summed E-state index contributed by atoms with van der Waals surface area (Å²) >= 11 is 0. The van der Waals surface area contributed by atoms with Gasteiger partial charge in [-0.1, -0.05) is 0 Å². The van der Waals surface area contributed by atoms with E-state index in [4.69, 9.17) is 9.47 Å². The van der Waals surface area contributed by atoms with E-state index in [0.29, 0.717) is 12.4 Å². The van der Waals surface area contributed by atoms with Gasteiger partial charge in [0, 0.05) is 12.5 Å². The van der Waals surface area contributed by atoms with Crippen molar-refractivity contribution >= 4 is 5.78 Å². The minimum atomic E-state index is 0.272. The molecule has 0 unspecified atom stereocenters. The van der Waals surface area contributed by atoms with Crippen molar-refractivity contribution in [3.8, 4) is 11.5 Å². The van der Waals surface area contributed by atoms with Gasteiger partial charge in [0.25, 0.3) is 0 Å². The van der Waals surface area contributed by atoms with Crippen LogP contribution in [0.3, 0.4) is 0 Å². The highest BCUT2D eigenvalue weighted by Gasteiger charge is 2.21. The van der Waals surface area contributed by atoms with Gasteiger partial charge in [0.15, 0.2) is 0 Å². The maximum atomic E-state index is 11.3. The van der Waals surface area contributed by atoms with E-state index in [1.807, 2.05) is 24.3 Å². The van der Waals surface area contributed by atoms with Gasteiger partial charge in [-0.15, -0.1) is 0 Å². The first-order chi connectivity index (χ1) is 9.69. The summed E-state index contributed by atoms with van der Waals surface area (Å²) in [6.45, 7) is 5.28. The molecule has 0 radical (unpaired) electrons. The molecule has 1 aromatic rings. The number of methoxy groups -OCH3 is 1. The third kappa shape index (κ3) is 4.23. The number of hydrogen-bond acceptors (Lipinski definition) is 4. The van der Waals surface area contributed by atoms with E-state index >= 15 is 0 Å². The highest BCUT2D eigenvalue weighted by molar-refractivity contribution is 5.78. The molecular weight excluding hydrogens is 254 g/mol. The number of piperidine rings is 1. The van der Waals surface area contributed by atoms with Crippen LogP contribution in [0.25, 0.3) is 0 Å². The third-order valence-corrected chi connectivity index (χ3v) is 3.90. The summed E-state index contributed by atoms with van der Waals surface area (Å²) in [5.74, 6) is 2.31. The summed E-state index contributed by atoms with van der Waals surface area (Å²) in [7, 11) is 1.65. The highest BCUT2D eigenvalue weighted by Crippen LogP contribution is 2.19. The Kier molecular flexibility index (Phi) is 5.41. The molecule has 2 rings (SSSR count). The molecule has 1 saturated heterocycles. The SMILES string of the molecule is COc1ccc(OCCN2CCC(C(C)=O)CC2)cc1. The molecule has 4 nitrogen and oxygen atoms in total. The molecule has 1 heterocycles. The molecule has 0 aliphatic carbocycles. The van der Waals surface area contributed by atoms with Gasteiger partial charge in [-0.2, -0.15) is 0 Å². The zero-order valence-electron chi connectivity index (χ0n) is 12.3. The lowest BCUT2D eigenvalue weighted by Crippen LogP contribution is -2.38. The number of likely N-dealkylation sites (tertiary alicyclic amines) is 1. The van der Waals surface area contributed by atoms with Gasteiger partial charge >= 0.3 is 0 Å². The molecular formula is C16H23NO3. The first-order valence-electron chi connectivity index (χ1n) is 7.18. The molecule has 0 aromatic heterocycles. The standard InChI is InChI=1S/C16H23NO3/c1-13(18)14-7-9-17(10-8-14)11-12-20-16-5-3-15(19-2)4-6-16/h3-6,14H,7-12H2,1-2H3. The van der Waals surface area contributed by atoms with E-state index in [1.165, 1.54) is 0 Å². The fraction of sp³-hybridized carbons (Fsp3) is 0.562. The number of rotatable bonds is 6. The maximum absolute atomic E-state index is 11.3. The van der Waals surface area contributed by atoms with Crippen molar-refractivity contribution in [1.29, 1.82) is 0 Å². The Morgan fingerprint density at radius 1 is 1.20 bits per heavy atom. The minimum absolute atomic E-state index is 0.272. The summed E-state index contributed by atoms with van der Waals surface area (Å²) < 4.78 is 10.8. The summed E-state index contributed by atoms with van der Waals surface area (Å²) in [6, 6.07) is 7.63. The first-order valence-corrected chi connectivity index (χ1v) is 7.18. The molecule has 0 saturated carbocycles. The summed E-state index contributed by atoms with van der Waals surface area (Å²) in [4.78, 5) is 13.7. The van der Waals surface area contributed by atoms with Crippen molar-refractivity contribution < 1.29 is 14.3 Å². The van der Waals surface area contributed by atoms with E-state index < -0.39 is 0 Å². The fourth-order valence-corrected chi connectivity index (χ4v) is 2.53. The lowest BCUT2D eigenvalue weighted by atomic mass is 9.93. The highest BCUT2D eigenvalue weighted by atomic mass is 16.5. The van der Waals surface area contributed by atoms with Crippen molar-refractivity contribution in [3.63, 3.8) is 0 Å². The quantitative estimate of drug-likeness (QED) is 0.800. The van der Waals surface area contributed by atoms with Crippen molar-refractivity contribution in [3.05, 3.63) is 24.3 Å². The average molecular weight is 277 g/mol. The van der Waals surface area contributed by atoms with Crippen molar-refractivity contribution in [2.75, 3.05) is 33.4 Å². The van der Waals surface area contributed by atoms with Crippen LogP contribution in [0.5, 0.6) is 11.5 Å². The molecule has 20 heavy (non-hydrogen) atoms. The molecule has 0 N–H and O–H groups in total. The Balaban J connectivity index is 1.67. The van der Waals surface area contributed by atoms with Crippen LogP contribution in [-0.2, 0) is 4.79 Å². The fourth-order valence-electron chi connectivity index (χ4n) is 2.53. The van der Waals surface area contributed by atoms with Gasteiger partial charge in [0.05, 0.1) is 7.11 Å². The van der Waals surface area contributed by atoms with E-state index in [-0.39, 0.29) is 5.92 Å². The van der Waals surface area contributed by atoms with E-state index in [2.05, 4.69) is 4.90 Å². The largest absolute Gasteiger partial charge is 0.497 e. The number of nitrogens with zero attached hydrogens (tertiary/aromatic N) is 1. The molecule has 4 heteroatoms. The van der Waals surface area contributed by atoms with Crippen molar-refractivity contribution in [1.82, 2.24) is 4.90 Å². The molecule has 1 aliphatic rings. The van der Waals surface area contributed by atoms with Gasteiger partial charge in [-0.05, 0) is 57.1 Å². The molecule has 0 atom stereocenters. The van der Waals surface area contributed by atoms with Crippen LogP contribution in [0.15, 0.2) is 24.3 Å². The minimum Gasteiger partial charge on any atom is -0.497 e. The summed E-state index contributed by atoms with van der Waals surface area (Å²) in [5, 5.41) is 0. The second-order valence-corrected chi connectivity index (χ2v) is 5.25. The van der Waals surface area contributed by atoms with Crippen LogP contribution in [0.2, 0.25) is 0 Å². The predicted octanol–water partition coefficient (Wildman–Crippen LogP) is 2.38. The number of Topliss-reactive ketones (excluding diaryl/α,β-unsaturated/α-hetero) is 1. The van der Waals surface area contributed by atoms with Crippen LogP contribution in [0, 0.1) is 5.92 Å². The maximum Gasteiger partial charge on any atom is 0.133 e. The monoisotopic (exact) mass is 277 g/mol. The molecule has 1 aromatic carbocycles. The van der Waals surface area contributed by atoms with Gasteiger partial charge in [0.2, 0.25) is 0 Å². The third-order valence-electron chi connectivity index (χ3n) is 3.90. The Morgan fingerprint density at radius 3 is 2.35 bits per heavy atom. The van der Waals surface area contributed by atoms with Crippen LogP contribution in [0.1, 0.15) is 19.8 Å². The smallest absolute Gasteiger partial charge is 0.133 e. The van der Waals surface area contributed by atoms with Gasteiger partial charge in [-0.25, -0.2) is 0 Å². The van der Waals surface area contributed by atoms with Crippen LogP contribution < -0.4 is 9.47 Å². The predicted molar refractivity (Wildman–Crippen MR) is 78.3 cm³/mol. The van der Waals surface area contributed by atoms with Crippen LogP contribution in [-0.4, -0.2) is 44.0 Å². The number of benzene rings is 1. The van der Waals surface area contributed by atoms with Gasteiger partial charge < -0.3 is 9.47 Å². The van der Waals surface area contributed by atoms with Gasteiger partial charge in [-0.3, -0.25) is 9.69 Å². The number of carbonyl (C=O) groups is 1. The molecule has 0 amide bonds. The second-order valence-electron chi connectivity index (χ2n) is 5.25. The normalized spacial score (nSPS) is 16.9. The number of hydrogen-bond donors (Lipinski definition) is 0. The number of ketones is 1. The summed E-state index contributed by atoms with van der Waals surface area (Å²) in [5.41, 5.74) is 0. The summed E-state index contributed by atoms with van der Waals surface area (Å²) in [6.07, 6.45) is 1.97. The molecule has 0 spiro atoms. The molecule has 1 fully saturated rings. The Morgan fingerprint density at radius 2 is 1.80 bits per heavy atom. The van der Waals surface area contributed by atoms with Crippen LogP contribution in [0.4, 0.5) is 0 Å². The molecule has 1 aliphatic heterocycles. The number of ether oxygens (including phenoxy) is 2. The Hall–Kier alpha value is -1.55. The van der Waals surface area contributed by atoms with E-state index in [9.17, 15) is 4.79 Å². The second kappa shape index (κ2) is 7.29. The lowest BCUT2D eigenvalue weighted by Gasteiger charge is -2.30. The first kappa shape index (κ1) is 14.9.